The van der Waals surface area contributed by atoms with Crippen molar-refractivity contribution in [1.82, 2.24) is 0 Å². The SMILES string of the molecule is CCCC1(CCC)CN(c2ccc(C)cc2N)C1. The minimum absolute atomic E-state index is 0.556. The van der Waals surface area contributed by atoms with Crippen LogP contribution in [0.25, 0.3) is 0 Å². The van der Waals surface area contributed by atoms with Gasteiger partial charge in [-0.2, -0.15) is 0 Å². The van der Waals surface area contributed by atoms with Gasteiger partial charge in [0.2, 0.25) is 0 Å². The number of anilines is 2. The van der Waals surface area contributed by atoms with Gasteiger partial charge in [0.25, 0.3) is 0 Å². The molecule has 0 amide bonds. The van der Waals surface area contributed by atoms with Crippen molar-refractivity contribution in [3.05, 3.63) is 23.8 Å². The molecule has 0 saturated carbocycles. The van der Waals surface area contributed by atoms with Crippen LogP contribution in [0.2, 0.25) is 0 Å². The van der Waals surface area contributed by atoms with E-state index in [1.165, 1.54) is 50.0 Å². The van der Waals surface area contributed by atoms with E-state index in [0.29, 0.717) is 5.41 Å². The first-order valence-corrected chi connectivity index (χ1v) is 7.21. The number of benzene rings is 1. The van der Waals surface area contributed by atoms with Crippen molar-refractivity contribution in [2.24, 2.45) is 5.41 Å². The molecule has 2 rings (SSSR count). The summed E-state index contributed by atoms with van der Waals surface area (Å²) in [5, 5.41) is 0. The smallest absolute Gasteiger partial charge is 0.0600 e. The van der Waals surface area contributed by atoms with Crippen LogP contribution in [0, 0.1) is 12.3 Å². The molecule has 0 radical (unpaired) electrons. The van der Waals surface area contributed by atoms with Crippen LogP contribution < -0.4 is 10.6 Å². The predicted octanol–water partition coefficient (Wildman–Crippen LogP) is 3.98. The molecule has 0 spiro atoms. The number of nitrogen functional groups attached to an aromatic ring is 1. The summed E-state index contributed by atoms with van der Waals surface area (Å²) in [5.41, 5.74) is 10.1. The Kier molecular flexibility index (Phi) is 3.84. The van der Waals surface area contributed by atoms with Gasteiger partial charge in [0.15, 0.2) is 0 Å². The van der Waals surface area contributed by atoms with Gasteiger partial charge in [-0.3, -0.25) is 0 Å². The van der Waals surface area contributed by atoms with Crippen molar-refractivity contribution in [2.75, 3.05) is 23.7 Å². The Labute approximate surface area is 111 Å². The van der Waals surface area contributed by atoms with Crippen molar-refractivity contribution >= 4 is 11.4 Å². The minimum atomic E-state index is 0.556. The van der Waals surface area contributed by atoms with Crippen molar-refractivity contribution in [1.29, 1.82) is 0 Å². The van der Waals surface area contributed by atoms with Crippen LogP contribution in [0.5, 0.6) is 0 Å². The van der Waals surface area contributed by atoms with E-state index in [1.54, 1.807) is 0 Å². The molecule has 2 N–H and O–H groups in total. The van der Waals surface area contributed by atoms with Crippen molar-refractivity contribution in [3.63, 3.8) is 0 Å². The minimum Gasteiger partial charge on any atom is -0.397 e. The Hall–Kier alpha value is -1.18. The number of hydrogen-bond acceptors (Lipinski definition) is 2. The first-order chi connectivity index (χ1) is 8.60. The molecule has 1 aliphatic rings. The molecule has 1 aromatic rings. The lowest BCUT2D eigenvalue weighted by Crippen LogP contribution is -2.56. The van der Waals surface area contributed by atoms with Gasteiger partial charge < -0.3 is 10.6 Å². The van der Waals surface area contributed by atoms with E-state index >= 15 is 0 Å². The zero-order valence-corrected chi connectivity index (χ0v) is 12.0. The van der Waals surface area contributed by atoms with Gasteiger partial charge in [-0.1, -0.05) is 32.8 Å². The van der Waals surface area contributed by atoms with E-state index in [0.717, 1.165) is 5.69 Å². The summed E-state index contributed by atoms with van der Waals surface area (Å²) < 4.78 is 0. The van der Waals surface area contributed by atoms with Crippen LogP contribution in [0.15, 0.2) is 18.2 Å². The van der Waals surface area contributed by atoms with E-state index in [2.05, 4.69) is 43.9 Å². The standard InChI is InChI=1S/C16H26N2/c1-4-8-16(9-5-2)11-18(12-16)15-7-6-13(3)10-14(15)17/h6-7,10H,4-5,8-9,11-12,17H2,1-3H3. The maximum absolute atomic E-state index is 6.13. The third-order valence-electron chi connectivity index (χ3n) is 4.14. The lowest BCUT2D eigenvalue weighted by molar-refractivity contribution is 0.173. The number of rotatable bonds is 5. The second kappa shape index (κ2) is 5.21. The highest BCUT2D eigenvalue weighted by molar-refractivity contribution is 5.69. The van der Waals surface area contributed by atoms with Crippen LogP contribution >= 0.6 is 0 Å². The molecule has 1 heterocycles. The first-order valence-electron chi connectivity index (χ1n) is 7.21. The summed E-state index contributed by atoms with van der Waals surface area (Å²) >= 11 is 0. The van der Waals surface area contributed by atoms with Crippen LogP contribution in [0.4, 0.5) is 11.4 Å². The summed E-state index contributed by atoms with van der Waals surface area (Å²) in [7, 11) is 0. The van der Waals surface area contributed by atoms with Gasteiger partial charge in [-0.05, 0) is 37.5 Å². The number of hydrogen-bond donors (Lipinski definition) is 1. The summed E-state index contributed by atoms with van der Waals surface area (Å²) in [6, 6.07) is 6.41. The lowest BCUT2D eigenvalue weighted by Gasteiger charge is -2.52. The highest BCUT2D eigenvalue weighted by Crippen LogP contribution is 2.43. The zero-order valence-electron chi connectivity index (χ0n) is 12.0. The molecule has 2 heteroatoms. The topological polar surface area (TPSA) is 29.3 Å². The van der Waals surface area contributed by atoms with E-state index in [4.69, 9.17) is 5.73 Å². The zero-order chi connectivity index (χ0) is 13.2. The summed E-state index contributed by atoms with van der Waals surface area (Å²) in [6.45, 7) is 9.04. The molecule has 0 aromatic heterocycles. The number of aryl methyl sites for hydroxylation is 1. The maximum Gasteiger partial charge on any atom is 0.0600 e. The highest BCUT2D eigenvalue weighted by Gasteiger charge is 2.41. The normalized spacial score (nSPS) is 17.6. The van der Waals surface area contributed by atoms with Gasteiger partial charge in [-0.25, -0.2) is 0 Å². The molecule has 0 unspecified atom stereocenters. The van der Waals surface area contributed by atoms with Gasteiger partial charge in [0, 0.05) is 18.5 Å². The van der Waals surface area contributed by atoms with Crippen LogP contribution in [-0.2, 0) is 0 Å². The largest absolute Gasteiger partial charge is 0.397 e. The second-order valence-electron chi connectivity index (χ2n) is 5.92. The fourth-order valence-electron chi connectivity index (χ4n) is 3.40. The van der Waals surface area contributed by atoms with Gasteiger partial charge in [0.05, 0.1) is 11.4 Å². The molecule has 0 bridgehead atoms. The molecule has 0 aliphatic carbocycles. The number of nitrogens with two attached hydrogens (primary N) is 1. The molecular formula is C16H26N2. The first kappa shape index (κ1) is 13.3. The second-order valence-corrected chi connectivity index (χ2v) is 5.92. The van der Waals surface area contributed by atoms with E-state index in [1.807, 2.05) is 0 Å². The third kappa shape index (κ3) is 2.47. The summed E-state index contributed by atoms with van der Waals surface area (Å²) in [5.74, 6) is 0. The Morgan fingerprint density at radius 1 is 1.17 bits per heavy atom. The molecule has 1 aromatic carbocycles. The van der Waals surface area contributed by atoms with Crippen LogP contribution in [0.1, 0.15) is 45.1 Å². The van der Waals surface area contributed by atoms with E-state index in [9.17, 15) is 0 Å². The lowest BCUT2D eigenvalue weighted by atomic mass is 9.72. The Morgan fingerprint density at radius 2 is 1.78 bits per heavy atom. The number of nitrogens with zero attached hydrogens (tertiary/aromatic N) is 1. The van der Waals surface area contributed by atoms with Crippen molar-refractivity contribution in [3.8, 4) is 0 Å². The van der Waals surface area contributed by atoms with Crippen molar-refractivity contribution in [2.45, 2.75) is 46.5 Å². The third-order valence-corrected chi connectivity index (χ3v) is 4.14. The highest BCUT2D eigenvalue weighted by atomic mass is 15.2. The average Bonchev–Trinajstić information content (AvgIpc) is 2.26. The molecule has 18 heavy (non-hydrogen) atoms. The molecule has 2 nitrogen and oxygen atoms in total. The van der Waals surface area contributed by atoms with Gasteiger partial charge in [-0.15, -0.1) is 0 Å². The van der Waals surface area contributed by atoms with Gasteiger partial charge in [0.1, 0.15) is 0 Å². The summed E-state index contributed by atoms with van der Waals surface area (Å²) in [6.07, 6.45) is 5.28. The molecular weight excluding hydrogens is 220 g/mol. The Balaban J connectivity index is 2.06. The molecule has 1 fully saturated rings. The fourth-order valence-corrected chi connectivity index (χ4v) is 3.40. The maximum atomic E-state index is 6.13. The van der Waals surface area contributed by atoms with Crippen molar-refractivity contribution < 1.29 is 0 Å². The van der Waals surface area contributed by atoms with Gasteiger partial charge >= 0.3 is 0 Å². The Morgan fingerprint density at radius 3 is 2.28 bits per heavy atom. The molecule has 100 valence electrons. The summed E-state index contributed by atoms with van der Waals surface area (Å²) in [4.78, 5) is 2.44. The Bertz CT molecular complexity index is 398. The average molecular weight is 246 g/mol. The molecule has 0 atom stereocenters. The van der Waals surface area contributed by atoms with Crippen LogP contribution in [0.3, 0.4) is 0 Å². The molecule has 1 aliphatic heterocycles. The fraction of sp³-hybridized carbons (Fsp3) is 0.625. The quantitative estimate of drug-likeness (QED) is 0.796. The van der Waals surface area contributed by atoms with Crippen LogP contribution in [-0.4, -0.2) is 13.1 Å². The predicted molar refractivity (Wildman–Crippen MR) is 80.1 cm³/mol. The van der Waals surface area contributed by atoms with E-state index in [-0.39, 0.29) is 0 Å². The molecule has 1 saturated heterocycles. The monoisotopic (exact) mass is 246 g/mol. The van der Waals surface area contributed by atoms with E-state index < -0.39 is 0 Å².